The maximum absolute atomic E-state index is 12.7. The van der Waals surface area contributed by atoms with Crippen molar-refractivity contribution in [3.63, 3.8) is 0 Å². The van der Waals surface area contributed by atoms with Crippen LogP contribution >= 0.6 is 0 Å². The van der Waals surface area contributed by atoms with Crippen LogP contribution in [0, 0.1) is 12.8 Å². The van der Waals surface area contributed by atoms with E-state index in [1.165, 1.54) is 4.31 Å². The number of nitrogens with zero attached hydrogens (tertiary/aromatic N) is 4. The minimum absolute atomic E-state index is 0.0246. The van der Waals surface area contributed by atoms with Crippen LogP contribution in [0.4, 0.5) is 11.5 Å². The lowest BCUT2D eigenvalue weighted by atomic mass is 10.1. The predicted molar refractivity (Wildman–Crippen MR) is 126 cm³/mol. The van der Waals surface area contributed by atoms with E-state index in [0.717, 1.165) is 17.1 Å². The third kappa shape index (κ3) is 5.51. The summed E-state index contributed by atoms with van der Waals surface area (Å²) in [6.45, 7) is 4.21. The standard InChI is InChI=1S/C23H29N5O4S/c1-18-5-7-20(8-6-18)28-17-19(16-22(28)29)23(30)25-10-15-33(31,32)27-13-11-26(12-14-27)21-4-2-3-9-24-21/h2-9,19H,10-17H2,1H3,(H,25,30). The van der Waals surface area contributed by atoms with E-state index in [9.17, 15) is 18.0 Å². The zero-order valence-corrected chi connectivity index (χ0v) is 19.5. The molecule has 2 aliphatic rings. The average molecular weight is 472 g/mol. The lowest BCUT2D eigenvalue weighted by Gasteiger charge is -2.34. The number of carbonyl (C=O) groups excluding carboxylic acids is 2. The number of anilines is 2. The van der Waals surface area contributed by atoms with Crippen LogP contribution in [0.15, 0.2) is 48.7 Å². The van der Waals surface area contributed by atoms with E-state index in [4.69, 9.17) is 0 Å². The molecule has 9 nitrogen and oxygen atoms in total. The van der Waals surface area contributed by atoms with Crippen LogP contribution in [-0.4, -0.2) is 74.5 Å². The van der Waals surface area contributed by atoms with Crippen LogP contribution in [0.2, 0.25) is 0 Å². The highest BCUT2D eigenvalue weighted by Gasteiger charge is 2.35. The maximum atomic E-state index is 12.7. The Morgan fingerprint density at radius 1 is 1.09 bits per heavy atom. The third-order valence-electron chi connectivity index (χ3n) is 6.11. The lowest BCUT2D eigenvalue weighted by molar-refractivity contribution is -0.126. The molecular formula is C23H29N5O4S. The van der Waals surface area contributed by atoms with Crippen molar-refractivity contribution in [1.29, 1.82) is 0 Å². The second-order valence-electron chi connectivity index (χ2n) is 8.42. The van der Waals surface area contributed by atoms with E-state index in [2.05, 4.69) is 15.2 Å². The molecular weight excluding hydrogens is 442 g/mol. The average Bonchev–Trinajstić information content (AvgIpc) is 3.22. The molecule has 1 aromatic heterocycles. The summed E-state index contributed by atoms with van der Waals surface area (Å²) in [7, 11) is -3.48. The first-order chi connectivity index (χ1) is 15.8. The number of aryl methyl sites for hydroxylation is 1. The zero-order chi connectivity index (χ0) is 23.4. The van der Waals surface area contributed by atoms with Crippen LogP contribution in [0.1, 0.15) is 12.0 Å². The summed E-state index contributed by atoms with van der Waals surface area (Å²) < 4.78 is 26.9. The molecule has 1 unspecified atom stereocenters. The normalized spacial score (nSPS) is 19.7. The first-order valence-electron chi connectivity index (χ1n) is 11.1. The van der Waals surface area contributed by atoms with Gasteiger partial charge < -0.3 is 15.1 Å². The number of amides is 2. The fraction of sp³-hybridized carbons (Fsp3) is 0.435. The Balaban J connectivity index is 1.24. The van der Waals surface area contributed by atoms with Gasteiger partial charge in [0.15, 0.2) is 0 Å². The number of rotatable bonds is 7. The van der Waals surface area contributed by atoms with Crippen molar-refractivity contribution in [3.05, 3.63) is 54.2 Å². The van der Waals surface area contributed by atoms with Crippen molar-refractivity contribution in [2.75, 3.05) is 54.8 Å². The molecule has 2 saturated heterocycles. The Morgan fingerprint density at radius 3 is 2.48 bits per heavy atom. The topological polar surface area (TPSA) is 103 Å². The zero-order valence-electron chi connectivity index (χ0n) is 18.7. The van der Waals surface area contributed by atoms with E-state index in [1.54, 1.807) is 11.1 Å². The molecule has 33 heavy (non-hydrogen) atoms. The van der Waals surface area contributed by atoms with Crippen LogP contribution < -0.4 is 15.1 Å². The van der Waals surface area contributed by atoms with Gasteiger partial charge in [-0.15, -0.1) is 0 Å². The molecule has 0 bridgehead atoms. The molecule has 3 heterocycles. The highest BCUT2D eigenvalue weighted by molar-refractivity contribution is 7.89. The predicted octanol–water partition coefficient (Wildman–Crippen LogP) is 1.01. The van der Waals surface area contributed by atoms with Gasteiger partial charge in [0.05, 0.1) is 11.7 Å². The number of benzene rings is 1. The smallest absolute Gasteiger partial charge is 0.227 e. The number of nitrogens with one attached hydrogen (secondary N) is 1. The summed E-state index contributed by atoms with van der Waals surface area (Å²) in [5, 5.41) is 2.71. The van der Waals surface area contributed by atoms with Gasteiger partial charge >= 0.3 is 0 Å². The quantitative estimate of drug-likeness (QED) is 0.647. The van der Waals surface area contributed by atoms with Gasteiger partial charge in [-0.2, -0.15) is 4.31 Å². The molecule has 2 amide bonds. The largest absolute Gasteiger partial charge is 0.355 e. The first kappa shape index (κ1) is 23.2. The molecule has 0 radical (unpaired) electrons. The molecule has 1 atom stereocenters. The molecule has 2 fully saturated rings. The summed E-state index contributed by atoms with van der Waals surface area (Å²) in [6.07, 6.45) is 1.85. The van der Waals surface area contributed by atoms with E-state index in [0.29, 0.717) is 32.7 Å². The molecule has 0 saturated carbocycles. The van der Waals surface area contributed by atoms with E-state index in [1.807, 2.05) is 49.4 Å². The molecule has 10 heteroatoms. The first-order valence-corrected chi connectivity index (χ1v) is 12.7. The van der Waals surface area contributed by atoms with Gasteiger partial charge in [0.1, 0.15) is 5.82 Å². The van der Waals surface area contributed by atoms with Crippen LogP contribution in [0.3, 0.4) is 0 Å². The number of pyridine rings is 1. The Labute approximate surface area is 194 Å². The van der Waals surface area contributed by atoms with Crippen molar-refractivity contribution in [2.45, 2.75) is 13.3 Å². The van der Waals surface area contributed by atoms with Gasteiger partial charge in [0.2, 0.25) is 21.8 Å². The van der Waals surface area contributed by atoms with Gasteiger partial charge in [0.25, 0.3) is 0 Å². The summed E-state index contributed by atoms with van der Waals surface area (Å²) in [5.41, 5.74) is 1.87. The van der Waals surface area contributed by atoms with Crippen LogP contribution in [0.25, 0.3) is 0 Å². The second kappa shape index (κ2) is 9.88. The van der Waals surface area contributed by atoms with Crippen LogP contribution in [-0.2, 0) is 19.6 Å². The van der Waals surface area contributed by atoms with Crippen molar-refractivity contribution >= 4 is 33.3 Å². The highest BCUT2D eigenvalue weighted by Crippen LogP contribution is 2.25. The van der Waals surface area contributed by atoms with E-state index < -0.39 is 15.9 Å². The minimum atomic E-state index is -3.48. The molecule has 1 aromatic carbocycles. The Hall–Kier alpha value is -2.98. The SMILES string of the molecule is Cc1ccc(N2CC(C(=O)NCCS(=O)(=O)N3CCN(c4ccccn4)CC3)CC2=O)cc1. The number of carbonyl (C=O) groups is 2. The van der Waals surface area contributed by atoms with Crippen molar-refractivity contribution in [2.24, 2.45) is 5.92 Å². The summed E-state index contributed by atoms with van der Waals surface area (Å²) in [4.78, 5) is 32.9. The summed E-state index contributed by atoms with van der Waals surface area (Å²) in [6, 6.07) is 13.3. The third-order valence-corrected chi connectivity index (χ3v) is 7.98. The minimum Gasteiger partial charge on any atom is -0.355 e. The van der Waals surface area contributed by atoms with Crippen molar-refractivity contribution in [1.82, 2.24) is 14.6 Å². The Kier molecular flexibility index (Phi) is 6.94. The van der Waals surface area contributed by atoms with E-state index in [-0.39, 0.29) is 30.5 Å². The number of hydrogen-bond donors (Lipinski definition) is 1. The fourth-order valence-electron chi connectivity index (χ4n) is 4.17. The molecule has 176 valence electrons. The number of hydrogen-bond acceptors (Lipinski definition) is 6. The molecule has 0 aliphatic carbocycles. The second-order valence-corrected chi connectivity index (χ2v) is 10.5. The van der Waals surface area contributed by atoms with Gasteiger partial charge in [-0.05, 0) is 31.2 Å². The number of sulfonamides is 1. The van der Waals surface area contributed by atoms with Crippen LogP contribution in [0.5, 0.6) is 0 Å². The van der Waals surface area contributed by atoms with E-state index >= 15 is 0 Å². The van der Waals surface area contributed by atoms with Gasteiger partial charge in [-0.25, -0.2) is 13.4 Å². The summed E-state index contributed by atoms with van der Waals surface area (Å²) in [5.74, 6) is -0.188. The molecule has 2 aliphatic heterocycles. The molecule has 4 rings (SSSR count). The number of aromatic nitrogens is 1. The number of piperazine rings is 1. The Morgan fingerprint density at radius 2 is 1.82 bits per heavy atom. The van der Waals surface area contributed by atoms with Gasteiger partial charge in [-0.3, -0.25) is 9.59 Å². The lowest BCUT2D eigenvalue weighted by Crippen LogP contribution is -2.50. The van der Waals surface area contributed by atoms with Crippen molar-refractivity contribution in [3.8, 4) is 0 Å². The fourth-order valence-corrected chi connectivity index (χ4v) is 5.51. The highest BCUT2D eigenvalue weighted by atomic mass is 32.2. The molecule has 1 N–H and O–H groups in total. The molecule has 0 spiro atoms. The van der Waals surface area contributed by atoms with Crippen molar-refractivity contribution < 1.29 is 18.0 Å². The maximum Gasteiger partial charge on any atom is 0.227 e. The molecule has 2 aromatic rings. The Bertz CT molecular complexity index is 1080. The monoisotopic (exact) mass is 471 g/mol. The van der Waals surface area contributed by atoms with Gasteiger partial charge in [0, 0.05) is 57.6 Å². The van der Waals surface area contributed by atoms with Gasteiger partial charge in [-0.1, -0.05) is 23.8 Å². The summed E-state index contributed by atoms with van der Waals surface area (Å²) >= 11 is 0.